The quantitative estimate of drug-likeness (QED) is 0.350. The third kappa shape index (κ3) is 5.95. The number of amides is 1. The highest BCUT2D eigenvalue weighted by atomic mass is 35.5. The van der Waals surface area contributed by atoms with Crippen LogP contribution in [0.5, 0.6) is 11.5 Å². The van der Waals surface area contributed by atoms with E-state index in [-0.39, 0.29) is 29.9 Å². The fraction of sp³-hybridized carbons (Fsp3) is 0.433. The van der Waals surface area contributed by atoms with Crippen molar-refractivity contribution in [1.82, 2.24) is 19.6 Å². The number of halogens is 1. The number of carboxylic acid groups (broad SMARTS) is 1. The molecule has 1 amide bonds. The summed E-state index contributed by atoms with van der Waals surface area (Å²) in [4.78, 5) is 29.8. The average Bonchev–Trinajstić information content (AvgIpc) is 3.61. The van der Waals surface area contributed by atoms with Crippen LogP contribution in [-0.2, 0) is 0 Å². The van der Waals surface area contributed by atoms with Crippen LogP contribution in [0.2, 0.25) is 0 Å². The first-order valence-corrected chi connectivity index (χ1v) is 13.5. The van der Waals surface area contributed by atoms with Crippen molar-refractivity contribution in [2.75, 3.05) is 40.4 Å². The Balaban J connectivity index is 0.00000441. The number of carbonyl (C=O) groups is 2. The Kier molecular flexibility index (Phi) is 10.2. The van der Waals surface area contributed by atoms with Gasteiger partial charge in [0.2, 0.25) is 0 Å². The number of aromatic carboxylic acids is 1. The van der Waals surface area contributed by atoms with Crippen LogP contribution in [0.1, 0.15) is 66.4 Å². The van der Waals surface area contributed by atoms with Crippen molar-refractivity contribution in [2.24, 2.45) is 0 Å². The fourth-order valence-electron chi connectivity index (χ4n) is 5.44. The molecule has 1 unspecified atom stereocenters. The Bertz CT molecular complexity index is 1330. The molecule has 1 aromatic heterocycles. The largest absolute Gasteiger partial charge is 0.496 e. The number of likely N-dealkylation sites (tertiary alicyclic amines) is 1. The van der Waals surface area contributed by atoms with E-state index in [0.717, 1.165) is 38.2 Å². The minimum absolute atomic E-state index is 0. The molecular formula is C30H39ClN4O5. The molecule has 1 saturated heterocycles. The van der Waals surface area contributed by atoms with Gasteiger partial charge in [0.15, 0.2) is 5.69 Å². The zero-order valence-electron chi connectivity index (χ0n) is 24.0. The summed E-state index contributed by atoms with van der Waals surface area (Å²) < 4.78 is 12.8. The third-order valence-corrected chi connectivity index (χ3v) is 7.52. The Morgan fingerprint density at radius 2 is 1.73 bits per heavy atom. The lowest BCUT2D eigenvalue weighted by Gasteiger charge is -2.26. The first kappa shape index (κ1) is 31.0. The number of nitrogens with zero attached hydrogens (tertiary/aromatic N) is 4. The normalized spacial score (nSPS) is 14.9. The minimum Gasteiger partial charge on any atom is -0.496 e. The number of carbonyl (C=O) groups excluding carboxylic acids is 1. The van der Waals surface area contributed by atoms with Crippen LogP contribution in [0.4, 0.5) is 0 Å². The van der Waals surface area contributed by atoms with E-state index >= 15 is 0 Å². The summed E-state index contributed by atoms with van der Waals surface area (Å²) in [6.45, 7) is 11.8. The molecule has 1 atom stereocenters. The predicted molar refractivity (Wildman–Crippen MR) is 158 cm³/mol. The van der Waals surface area contributed by atoms with Crippen LogP contribution in [0.15, 0.2) is 42.5 Å². The van der Waals surface area contributed by atoms with Gasteiger partial charge in [0.25, 0.3) is 5.91 Å². The molecule has 3 aromatic rings. The second kappa shape index (κ2) is 13.2. The van der Waals surface area contributed by atoms with Crippen LogP contribution in [-0.4, -0.2) is 83.0 Å². The van der Waals surface area contributed by atoms with Gasteiger partial charge in [0.05, 0.1) is 31.2 Å². The summed E-state index contributed by atoms with van der Waals surface area (Å²) >= 11 is 0. The molecule has 40 heavy (non-hydrogen) atoms. The van der Waals surface area contributed by atoms with Gasteiger partial charge in [0, 0.05) is 24.7 Å². The number of carboxylic acids is 1. The van der Waals surface area contributed by atoms with Crippen molar-refractivity contribution in [3.63, 3.8) is 0 Å². The van der Waals surface area contributed by atoms with E-state index in [0.29, 0.717) is 40.0 Å². The Hall–Kier alpha value is -3.56. The smallest absolute Gasteiger partial charge is 0.356 e. The van der Waals surface area contributed by atoms with Crippen LogP contribution < -0.4 is 9.47 Å². The molecule has 4 rings (SSSR count). The topological polar surface area (TPSA) is 97.1 Å². The Morgan fingerprint density at radius 3 is 2.27 bits per heavy atom. The molecule has 2 heterocycles. The molecular weight excluding hydrogens is 532 g/mol. The van der Waals surface area contributed by atoms with E-state index in [2.05, 4.69) is 23.8 Å². The number of rotatable bonds is 10. The highest BCUT2D eigenvalue weighted by Gasteiger charge is 2.30. The van der Waals surface area contributed by atoms with E-state index in [1.54, 1.807) is 37.1 Å². The second-order valence-electron chi connectivity index (χ2n) is 10.0. The molecule has 10 heteroatoms. The maximum atomic E-state index is 13.5. The van der Waals surface area contributed by atoms with E-state index in [9.17, 15) is 14.7 Å². The maximum absolute atomic E-state index is 13.5. The lowest BCUT2D eigenvalue weighted by molar-refractivity contribution is 0.0689. The first-order valence-electron chi connectivity index (χ1n) is 13.5. The number of hydrogen-bond donors (Lipinski definition) is 1. The zero-order valence-corrected chi connectivity index (χ0v) is 24.8. The number of ether oxygens (including phenoxy) is 2. The van der Waals surface area contributed by atoms with Gasteiger partial charge in [-0.1, -0.05) is 33.8 Å². The van der Waals surface area contributed by atoms with Gasteiger partial charge < -0.3 is 19.5 Å². The van der Waals surface area contributed by atoms with Gasteiger partial charge in [-0.3, -0.25) is 9.69 Å². The third-order valence-electron chi connectivity index (χ3n) is 7.52. The molecule has 0 bridgehead atoms. The molecule has 0 radical (unpaired) electrons. The second-order valence-corrected chi connectivity index (χ2v) is 10.0. The maximum Gasteiger partial charge on any atom is 0.356 e. The van der Waals surface area contributed by atoms with Crippen LogP contribution in [0, 0.1) is 0 Å². The van der Waals surface area contributed by atoms with Crippen molar-refractivity contribution < 1.29 is 24.2 Å². The van der Waals surface area contributed by atoms with Crippen molar-refractivity contribution in [2.45, 2.75) is 46.1 Å². The Labute approximate surface area is 242 Å². The van der Waals surface area contributed by atoms with E-state index in [1.165, 1.54) is 6.07 Å². The van der Waals surface area contributed by atoms with Crippen molar-refractivity contribution in [3.05, 3.63) is 59.3 Å². The van der Waals surface area contributed by atoms with Gasteiger partial charge in [-0.25, -0.2) is 9.48 Å². The zero-order chi connectivity index (χ0) is 28.3. The molecule has 1 fully saturated rings. The molecule has 1 N–H and O–H groups in total. The van der Waals surface area contributed by atoms with E-state index in [4.69, 9.17) is 9.47 Å². The number of methoxy groups -OCH3 is 2. The predicted octanol–water partition coefficient (Wildman–Crippen LogP) is 5.36. The molecule has 0 spiro atoms. The highest BCUT2D eigenvalue weighted by molar-refractivity contribution is 5.95. The molecule has 216 valence electrons. The van der Waals surface area contributed by atoms with E-state index < -0.39 is 5.97 Å². The van der Waals surface area contributed by atoms with Crippen molar-refractivity contribution in [3.8, 4) is 28.4 Å². The standard InChI is InChI=1S/C30H38N4O5.ClH/c1-7-32(8-2)21-14-15-33(18-21)29(35)20-12-13-24(22(16-20)19(3)4)34-25(17-23(31-34)30(36)37)28-26(38-5)10-9-11-27(28)39-6;/h9-13,16-17,19,21H,7-8,14-15,18H2,1-6H3,(H,36,37);1H. The summed E-state index contributed by atoms with van der Waals surface area (Å²) in [6, 6.07) is 12.9. The summed E-state index contributed by atoms with van der Waals surface area (Å²) in [7, 11) is 3.11. The van der Waals surface area contributed by atoms with Gasteiger partial charge in [-0.15, -0.1) is 12.4 Å². The molecule has 1 aliphatic heterocycles. The lowest BCUT2D eigenvalue weighted by Crippen LogP contribution is -2.38. The van der Waals surface area contributed by atoms with Gasteiger partial charge in [0.1, 0.15) is 11.5 Å². The number of likely N-dealkylation sites (N-methyl/N-ethyl adjacent to an activating group) is 1. The van der Waals surface area contributed by atoms with Crippen LogP contribution in [0.3, 0.4) is 0 Å². The lowest BCUT2D eigenvalue weighted by atomic mass is 9.97. The van der Waals surface area contributed by atoms with Crippen molar-refractivity contribution in [1.29, 1.82) is 0 Å². The van der Waals surface area contributed by atoms with Gasteiger partial charge in [-0.05, 0) is 67.4 Å². The fourth-order valence-corrected chi connectivity index (χ4v) is 5.44. The molecule has 9 nitrogen and oxygen atoms in total. The summed E-state index contributed by atoms with van der Waals surface area (Å²) in [5, 5.41) is 14.2. The molecule has 0 aliphatic carbocycles. The summed E-state index contributed by atoms with van der Waals surface area (Å²) in [6.07, 6.45) is 0.970. The van der Waals surface area contributed by atoms with Crippen LogP contribution >= 0.6 is 12.4 Å². The monoisotopic (exact) mass is 570 g/mol. The average molecular weight is 571 g/mol. The summed E-state index contributed by atoms with van der Waals surface area (Å²) in [5.74, 6) is -0.0288. The highest BCUT2D eigenvalue weighted by Crippen LogP contribution is 2.40. The van der Waals surface area contributed by atoms with E-state index in [1.807, 2.05) is 36.9 Å². The van der Waals surface area contributed by atoms with Crippen molar-refractivity contribution >= 4 is 24.3 Å². The SMILES string of the molecule is CCN(CC)C1CCN(C(=O)c2ccc(-n3nc(C(=O)O)cc3-c3c(OC)cccc3OC)c(C(C)C)c2)C1.Cl. The minimum atomic E-state index is -1.14. The van der Waals surface area contributed by atoms with Gasteiger partial charge >= 0.3 is 5.97 Å². The van der Waals surface area contributed by atoms with Crippen LogP contribution in [0.25, 0.3) is 16.9 Å². The molecule has 2 aromatic carbocycles. The number of aromatic nitrogens is 2. The first-order chi connectivity index (χ1) is 18.7. The molecule has 1 aliphatic rings. The Morgan fingerprint density at radius 1 is 1.07 bits per heavy atom. The molecule has 0 saturated carbocycles. The van der Waals surface area contributed by atoms with Gasteiger partial charge in [-0.2, -0.15) is 5.10 Å². The number of benzene rings is 2. The summed E-state index contributed by atoms with van der Waals surface area (Å²) in [5.41, 5.74) is 3.20. The number of hydrogen-bond acceptors (Lipinski definition) is 6.